The average Bonchev–Trinajstić information content (AvgIpc) is 1.93. The molecule has 3 nitrogen and oxygen atoms in total. The van der Waals surface area contributed by atoms with E-state index >= 15 is 0 Å². The van der Waals surface area contributed by atoms with E-state index < -0.39 is 0 Å². The fourth-order valence-corrected chi connectivity index (χ4v) is 1.07. The molecule has 0 aromatic heterocycles. The fraction of sp³-hybridized carbons (Fsp3) is 0.714. The Morgan fingerprint density at radius 3 is 2.80 bits per heavy atom. The maximum Gasteiger partial charge on any atom is 0.226 e. The molecular formula is C7H11NO2. The minimum atomic E-state index is -0.130. The monoisotopic (exact) mass is 141 g/mol. The second-order valence-corrected chi connectivity index (χ2v) is 2.82. The smallest absolute Gasteiger partial charge is 0.226 e. The van der Waals surface area contributed by atoms with E-state index in [1.54, 1.807) is 0 Å². The van der Waals surface area contributed by atoms with Crippen LogP contribution in [0.4, 0.5) is 0 Å². The van der Waals surface area contributed by atoms with Gasteiger partial charge in [-0.15, -0.1) is 0 Å². The van der Waals surface area contributed by atoms with Gasteiger partial charge in [0.25, 0.3) is 0 Å². The zero-order valence-electron chi connectivity index (χ0n) is 6.02. The van der Waals surface area contributed by atoms with Crippen LogP contribution < -0.4 is 5.32 Å². The van der Waals surface area contributed by atoms with E-state index in [9.17, 15) is 9.59 Å². The van der Waals surface area contributed by atoms with Crippen molar-refractivity contribution in [3.05, 3.63) is 0 Å². The van der Waals surface area contributed by atoms with E-state index in [-0.39, 0.29) is 11.8 Å². The van der Waals surface area contributed by atoms with Crippen LogP contribution in [-0.4, -0.2) is 11.8 Å². The fourth-order valence-electron chi connectivity index (χ4n) is 1.07. The predicted octanol–water partition coefficient (Wildman–Crippen LogP) is 0.449. The third kappa shape index (κ3) is 1.83. The standard InChI is InChI=1S/C7H11NO2/c1-5-2-3-6(9)8-7(10)4-5/h5H,2-4H2,1H3,(H,8,9,10). The molecule has 3 heteroatoms. The molecule has 10 heavy (non-hydrogen) atoms. The Hall–Kier alpha value is -0.860. The maximum absolute atomic E-state index is 10.8. The van der Waals surface area contributed by atoms with E-state index in [1.165, 1.54) is 0 Å². The summed E-state index contributed by atoms with van der Waals surface area (Å²) in [5, 5.41) is 2.29. The van der Waals surface area contributed by atoms with Crippen molar-refractivity contribution in [2.75, 3.05) is 0 Å². The predicted molar refractivity (Wildman–Crippen MR) is 36.2 cm³/mol. The molecule has 1 N–H and O–H groups in total. The topological polar surface area (TPSA) is 46.2 Å². The lowest BCUT2D eigenvalue weighted by Gasteiger charge is -2.00. The summed E-state index contributed by atoms with van der Waals surface area (Å²) in [6.07, 6.45) is 1.82. The molecule has 0 aromatic rings. The van der Waals surface area contributed by atoms with Gasteiger partial charge in [0.15, 0.2) is 0 Å². The average molecular weight is 141 g/mol. The van der Waals surface area contributed by atoms with Crippen LogP contribution in [0.5, 0.6) is 0 Å². The van der Waals surface area contributed by atoms with E-state index in [1.807, 2.05) is 6.92 Å². The Morgan fingerprint density at radius 1 is 1.40 bits per heavy atom. The molecule has 0 saturated carbocycles. The quantitative estimate of drug-likeness (QED) is 0.498. The van der Waals surface area contributed by atoms with Crippen molar-refractivity contribution in [2.45, 2.75) is 26.2 Å². The number of rotatable bonds is 0. The molecule has 1 atom stereocenters. The van der Waals surface area contributed by atoms with Crippen molar-refractivity contribution in [3.63, 3.8) is 0 Å². The number of amides is 2. The molecule has 1 aliphatic rings. The zero-order valence-corrected chi connectivity index (χ0v) is 6.02. The molecule has 1 fully saturated rings. The van der Waals surface area contributed by atoms with Gasteiger partial charge in [0.05, 0.1) is 0 Å². The Balaban J connectivity index is 2.54. The second-order valence-electron chi connectivity index (χ2n) is 2.82. The van der Waals surface area contributed by atoms with Crippen LogP contribution in [0.3, 0.4) is 0 Å². The van der Waals surface area contributed by atoms with E-state index in [2.05, 4.69) is 5.32 Å². The molecule has 1 saturated heterocycles. The summed E-state index contributed by atoms with van der Waals surface area (Å²) in [6, 6.07) is 0. The highest BCUT2D eigenvalue weighted by atomic mass is 16.2. The van der Waals surface area contributed by atoms with Crippen LogP contribution in [0.15, 0.2) is 0 Å². The molecular weight excluding hydrogens is 130 g/mol. The molecule has 0 aliphatic carbocycles. The van der Waals surface area contributed by atoms with Gasteiger partial charge in [0.2, 0.25) is 11.8 Å². The summed E-state index contributed by atoms with van der Waals surface area (Å²) in [5.41, 5.74) is 0. The highest BCUT2D eigenvalue weighted by Crippen LogP contribution is 2.12. The van der Waals surface area contributed by atoms with Gasteiger partial charge in [-0.1, -0.05) is 6.92 Å². The molecule has 56 valence electrons. The highest BCUT2D eigenvalue weighted by molar-refractivity contribution is 5.95. The van der Waals surface area contributed by atoms with E-state index in [0.29, 0.717) is 18.8 Å². The van der Waals surface area contributed by atoms with Crippen molar-refractivity contribution in [1.29, 1.82) is 0 Å². The largest absolute Gasteiger partial charge is 0.296 e. The Labute approximate surface area is 59.8 Å². The summed E-state index contributed by atoms with van der Waals surface area (Å²) in [4.78, 5) is 21.5. The van der Waals surface area contributed by atoms with E-state index in [0.717, 1.165) is 6.42 Å². The molecule has 0 spiro atoms. The normalized spacial score (nSPS) is 27.5. The molecule has 1 heterocycles. The number of nitrogens with one attached hydrogen (secondary N) is 1. The molecule has 0 bridgehead atoms. The van der Waals surface area contributed by atoms with Gasteiger partial charge in [0, 0.05) is 12.8 Å². The van der Waals surface area contributed by atoms with Crippen molar-refractivity contribution < 1.29 is 9.59 Å². The van der Waals surface area contributed by atoms with Crippen LogP contribution in [0.25, 0.3) is 0 Å². The van der Waals surface area contributed by atoms with Gasteiger partial charge >= 0.3 is 0 Å². The molecule has 0 radical (unpaired) electrons. The molecule has 2 amide bonds. The van der Waals surface area contributed by atoms with Crippen LogP contribution >= 0.6 is 0 Å². The second kappa shape index (κ2) is 2.82. The third-order valence-electron chi connectivity index (χ3n) is 1.68. The minimum Gasteiger partial charge on any atom is -0.296 e. The first-order valence-electron chi connectivity index (χ1n) is 3.51. The number of hydrogen-bond donors (Lipinski definition) is 1. The highest BCUT2D eigenvalue weighted by Gasteiger charge is 2.17. The Kier molecular flexibility index (Phi) is 2.04. The van der Waals surface area contributed by atoms with Crippen molar-refractivity contribution in [1.82, 2.24) is 5.32 Å². The number of hydrogen-bond acceptors (Lipinski definition) is 2. The lowest BCUT2D eigenvalue weighted by molar-refractivity contribution is -0.129. The maximum atomic E-state index is 10.8. The Morgan fingerprint density at radius 2 is 2.10 bits per heavy atom. The van der Waals surface area contributed by atoms with Gasteiger partial charge in [-0.05, 0) is 12.3 Å². The molecule has 1 rings (SSSR count). The number of carbonyl (C=O) groups excluding carboxylic acids is 2. The van der Waals surface area contributed by atoms with Crippen molar-refractivity contribution in [3.8, 4) is 0 Å². The molecule has 1 unspecified atom stereocenters. The first-order valence-corrected chi connectivity index (χ1v) is 3.51. The van der Waals surface area contributed by atoms with Gasteiger partial charge in [-0.3, -0.25) is 14.9 Å². The minimum absolute atomic E-state index is 0.130. The SMILES string of the molecule is CC1CCC(=O)NC(=O)C1. The van der Waals surface area contributed by atoms with Crippen LogP contribution in [0, 0.1) is 5.92 Å². The van der Waals surface area contributed by atoms with Gasteiger partial charge in [-0.2, -0.15) is 0 Å². The molecule has 0 aromatic carbocycles. The summed E-state index contributed by atoms with van der Waals surface area (Å²) < 4.78 is 0. The summed E-state index contributed by atoms with van der Waals surface area (Å²) in [6.45, 7) is 1.98. The number of carbonyl (C=O) groups is 2. The Bertz CT molecular complexity index is 165. The molecule has 1 aliphatic heterocycles. The lowest BCUT2D eigenvalue weighted by atomic mass is 10.0. The summed E-state index contributed by atoms with van der Waals surface area (Å²) in [7, 11) is 0. The van der Waals surface area contributed by atoms with E-state index in [4.69, 9.17) is 0 Å². The van der Waals surface area contributed by atoms with Crippen LogP contribution in [-0.2, 0) is 9.59 Å². The first-order chi connectivity index (χ1) is 4.68. The lowest BCUT2D eigenvalue weighted by Crippen LogP contribution is -2.27. The van der Waals surface area contributed by atoms with Crippen molar-refractivity contribution in [2.24, 2.45) is 5.92 Å². The summed E-state index contributed by atoms with van der Waals surface area (Å²) in [5.74, 6) is 0.0933. The third-order valence-corrected chi connectivity index (χ3v) is 1.68. The van der Waals surface area contributed by atoms with Gasteiger partial charge in [-0.25, -0.2) is 0 Å². The van der Waals surface area contributed by atoms with Crippen LogP contribution in [0.1, 0.15) is 26.2 Å². The number of imide groups is 1. The zero-order chi connectivity index (χ0) is 7.56. The van der Waals surface area contributed by atoms with Crippen LogP contribution in [0.2, 0.25) is 0 Å². The first kappa shape index (κ1) is 7.25. The summed E-state index contributed by atoms with van der Waals surface area (Å²) >= 11 is 0. The van der Waals surface area contributed by atoms with Crippen molar-refractivity contribution >= 4 is 11.8 Å². The van der Waals surface area contributed by atoms with Gasteiger partial charge in [0.1, 0.15) is 0 Å². The van der Waals surface area contributed by atoms with Gasteiger partial charge < -0.3 is 0 Å².